The molecule has 8 nitrogen and oxygen atoms in total. The van der Waals surface area contributed by atoms with Crippen molar-refractivity contribution in [1.29, 1.82) is 0 Å². The third-order valence-corrected chi connectivity index (χ3v) is 6.07. The summed E-state index contributed by atoms with van der Waals surface area (Å²) in [6, 6.07) is 1.60. The second-order valence-corrected chi connectivity index (χ2v) is 8.42. The molecule has 0 spiro atoms. The predicted molar refractivity (Wildman–Crippen MR) is 103 cm³/mol. The number of carbonyl (C=O) groups is 1. The van der Waals surface area contributed by atoms with Crippen molar-refractivity contribution in [3.63, 3.8) is 0 Å². The lowest BCUT2D eigenvalue weighted by atomic mass is 9.94. The molecule has 2 aliphatic rings. The van der Waals surface area contributed by atoms with Crippen molar-refractivity contribution in [3.05, 3.63) is 32.9 Å². The smallest absolute Gasteiger partial charge is 0.251 e. The quantitative estimate of drug-likeness (QED) is 0.785. The van der Waals surface area contributed by atoms with E-state index >= 15 is 0 Å². The van der Waals surface area contributed by atoms with E-state index in [2.05, 4.69) is 30.4 Å². The average molecular weight is 388 g/mol. The number of hydrogen-bond acceptors (Lipinski definition) is 7. The van der Waals surface area contributed by atoms with Gasteiger partial charge in [-0.05, 0) is 39.2 Å². The van der Waals surface area contributed by atoms with Crippen molar-refractivity contribution in [2.75, 3.05) is 25.0 Å². The molecule has 2 aromatic rings. The molecule has 27 heavy (non-hydrogen) atoms. The number of rotatable bonds is 6. The molecule has 1 unspecified atom stereocenters. The van der Waals surface area contributed by atoms with E-state index in [0.717, 1.165) is 36.6 Å². The Morgan fingerprint density at radius 1 is 1.33 bits per heavy atom. The summed E-state index contributed by atoms with van der Waals surface area (Å²) < 4.78 is 0. The molecule has 0 bridgehead atoms. The fourth-order valence-electron chi connectivity index (χ4n) is 3.53. The van der Waals surface area contributed by atoms with Crippen LogP contribution in [0.5, 0.6) is 0 Å². The van der Waals surface area contributed by atoms with Crippen LogP contribution in [0, 0.1) is 6.92 Å². The first kappa shape index (κ1) is 18.2. The van der Waals surface area contributed by atoms with E-state index in [1.54, 1.807) is 13.0 Å². The van der Waals surface area contributed by atoms with Crippen LogP contribution < -0.4 is 10.9 Å². The monoisotopic (exact) mass is 388 g/mol. The van der Waals surface area contributed by atoms with Crippen LogP contribution in [0.1, 0.15) is 60.5 Å². The van der Waals surface area contributed by atoms with Crippen molar-refractivity contribution in [1.82, 2.24) is 25.1 Å². The minimum absolute atomic E-state index is 0.0271. The zero-order chi connectivity index (χ0) is 18.8. The van der Waals surface area contributed by atoms with Gasteiger partial charge < -0.3 is 15.2 Å². The van der Waals surface area contributed by atoms with E-state index in [-0.39, 0.29) is 17.4 Å². The Hall–Kier alpha value is -2.13. The third-order valence-electron chi connectivity index (χ3n) is 5.07. The summed E-state index contributed by atoms with van der Waals surface area (Å²) in [5.74, 6) is 1.42. The highest BCUT2D eigenvalue weighted by Crippen LogP contribution is 2.42. The summed E-state index contributed by atoms with van der Waals surface area (Å²) in [5, 5.41) is 12.7. The van der Waals surface area contributed by atoms with Crippen LogP contribution in [0.3, 0.4) is 0 Å². The Labute approximate surface area is 161 Å². The lowest BCUT2D eigenvalue weighted by Crippen LogP contribution is -2.37. The molecule has 1 amide bonds. The van der Waals surface area contributed by atoms with E-state index in [9.17, 15) is 9.59 Å². The summed E-state index contributed by atoms with van der Waals surface area (Å²) in [4.78, 5) is 33.4. The number of hydrogen-bond donors (Lipinski definition) is 2. The molecule has 144 valence electrons. The number of nitrogens with zero attached hydrogens (tertiary/aromatic N) is 4. The zero-order valence-corrected chi connectivity index (χ0v) is 16.2. The van der Waals surface area contributed by atoms with Crippen molar-refractivity contribution in [2.24, 2.45) is 0 Å². The second kappa shape index (κ2) is 7.85. The number of likely N-dealkylation sites (tertiary alicyclic amines) is 1. The van der Waals surface area contributed by atoms with Gasteiger partial charge in [0.15, 0.2) is 0 Å². The van der Waals surface area contributed by atoms with Gasteiger partial charge in [-0.1, -0.05) is 11.3 Å². The number of aryl methyl sites for hydroxylation is 1. The minimum atomic E-state index is -0.100. The topological polar surface area (TPSA) is 104 Å². The molecule has 1 aliphatic heterocycles. The Morgan fingerprint density at radius 2 is 2.19 bits per heavy atom. The van der Waals surface area contributed by atoms with E-state index in [4.69, 9.17) is 0 Å². The Balaban J connectivity index is 1.28. The third kappa shape index (κ3) is 4.78. The molecule has 1 aliphatic carbocycles. The molecule has 0 radical (unpaired) electrons. The maximum absolute atomic E-state index is 12.2. The molecule has 2 aromatic heterocycles. The standard InChI is InChI=1S/C18H24N6O2S/c1-11-19-14(9-16(26)20-11)13-3-2-7-24(10-13)8-6-15(25)21-18-23-22-17(27-18)12-4-5-12/h9,12-13H,2-8,10H2,1H3,(H,19,20,26)(H,21,23,25). The summed E-state index contributed by atoms with van der Waals surface area (Å²) in [6.07, 6.45) is 4.85. The molecule has 3 heterocycles. The highest BCUT2D eigenvalue weighted by Gasteiger charge is 2.28. The van der Waals surface area contributed by atoms with Gasteiger partial charge >= 0.3 is 0 Å². The van der Waals surface area contributed by atoms with Crippen LogP contribution in [0.4, 0.5) is 5.13 Å². The second-order valence-electron chi connectivity index (χ2n) is 7.41. The first-order valence-corrected chi connectivity index (χ1v) is 10.3. The van der Waals surface area contributed by atoms with Crippen LogP contribution in [-0.4, -0.2) is 50.6 Å². The van der Waals surface area contributed by atoms with Gasteiger partial charge in [-0.15, -0.1) is 10.2 Å². The van der Waals surface area contributed by atoms with Gasteiger partial charge in [0, 0.05) is 37.4 Å². The van der Waals surface area contributed by atoms with Gasteiger partial charge in [0.05, 0.1) is 5.69 Å². The van der Waals surface area contributed by atoms with Gasteiger partial charge in [-0.25, -0.2) is 4.98 Å². The molecule has 2 fully saturated rings. The van der Waals surface area contributed by atoms with Gasteiger partial charge in [0.2, 0.25) is 11.0 Å². The number of aromatic nitrogens is 4. The summed E-state index contributed by atoms with van der Waals surface area (Å²) in [7, 11) is 0. The van der Waals surface area contributed by atoms with Crippen LogP contribution >= 0.6 is 11.3 Å². The summed E-state index contributed by atoms with van der Waals surface area (Å²) in [5.41, 5.74) is 0.753. The zero-order valence-electron chi connectivity index (χ0n) is 15.4. The maximum Gasteiger partial charge on any atom is 0.251 e. The Morgan fingerprint density at radius 3 is 2.96 bits per heavy atom. The lowest BCUT2D eigenvalue weighted by Gasteiger charge is -2.32. The van der Waals surface area contributed by atoms with Gasteiger partial charge in [0.1, 0.15) is 10.8 Å². The highest BCUT2D eigenvalue weighted by atomic mass is 32.1. The van der Waals surface area contributed by atoms with Gasteiger partial charge in [-0.2, -0.15) is 0 Å². The molecule has 9 heteroatoms. The highest BCUT2D eigenvalue weighted by molar-refractivity contribution is 7.15. The largest absolute Gasteiger partial charge is 0.311 e. The number of amides is 1. The van der Waals surface area contributed by atoms with E-state index < -0.39 is 0 Å². The van der Waals surface area contributed by atoms with Crippen molar-refractivity contribution in [3.8, 4) is 0 Å². The van der Waals surface area contributed by atoms with Crippen LogP contribution in [0.2, 0.25) is 0 Å². The molecule has 1 saturated carbocycles. The molecule has 2 N–H and O–H groups in total. The maximum atomic E-state index is 12.2. The fraction of sp³-hybridized carbons (Fsp3) is 0.611. The summed E-state index contributed by atoms with van der Waals surface area (Å²) >= 11 is 1.48. The number of nitrogens with one attached hydrogen (secondary N) is 2. The molecule has 4 rings (SSSR count). The number of piperidine rings is 1. The Kier molecular flexibility index (Phi) is 5.31. The predicted octanol–water partition coefficient (Wildman–Crippen LogP) is 2.02. The van der Waals surface area contributed by atoms with E-state index in [1.165, 1.54) is 24.2 Å². The van der Waals surface area contributed by atoms with Crippen molar-refractivity contribution >= 4 is 22.4 Å². The number of aromatic amines is 1. The summed E-state index contributed by atoms with van der Waals surface area (Å²) in [6.45, 7) is 4.29. The van der Waals surface area contributed by atoms with Crippen LogP contribution in [0.25, 0.3) is 0 Å². The van der Waals surface area contributed by atoms with Gasteiger partial charge in [-0.3, -0.25) is 9.59 Å². The normalized spacial score (nSPS) is 20.6. The molecule has 1 saturated heterocycles. The number of H-pyrrole nitrogens is 1. The first-order valence-electron chi connectivity index (χ1n) is 9.50. The van der Waals surface area contributed by atoms with Crippen LogP contribution in [-0.2, 0) is 4.79 Å². The molecular formula is C18H24N6O2S. The lowest BCUT2D eigenvalue weighted by molar-refractivity contribution is -0.116. The van der Waals surface area contributed by atoms with Gasteiger partial charge in [0.25, 0.3) is 5.56 Å². The first-order chi connectivity index (χ1) is 13.1. The Bertz CT molecular complexity index is 875. The molecule has 1 atom stereocenters. The number of carbonyl (C=O) groups excluding carboxylic acids is 1. The SMILES string of the molecule is Cc1nc(C2CCCN(CCC(=O)Nc3nnc(C4CC4)s3)C2)cc(=O)[nH]1. The van der Waals surface area contributed by atoms with E-state index in [0.29, 0.717) is 29.8 Å². The molecular weight excluding hydrogens is 364 g/mol. The van der Waals surface area contributed by atoms with Crippen molar-refractivity contribution in [2.45, 2.75) is 50.9 Å². The van der Waals surface area contributed by atoms with E-state index in [1.807, 2.05) is 0 Å². The number of anilines is 1. The van der Waals surface area contributed by atoms with Crippen LogP contribution in [0.15, 0.2) is 10.9 Å². The minimum Gasteiger partial charge on any atom is -0.311 e. The average Bonchev–Trinajstić information content (AvgIpc) is 3.39. The van der Waals surface area contributed by atoms with Crippen molar-refractivity contribution < 1.29 is 4.79 Å². The molecule has 0 aromatic carbocycles. The fourth-order valence-corrected chi connectivity index (χ4v) is 4.46.